The lowest BCUT2D eigenvalue weighted by Crippen LogP contribution is -2.46. The van der Waals surface area contributed by atoms with Gasteiger partial charge in [-0.3, -0.25) is 14.7 Å². The number of anilines is 1. The van der Waals surface area contributed by atoms with Crippen molar-refractivity contribution in [1.29, 1.82) is 0 Å². The molecule has 1 aliphatic rings. The minimum absolute atomic E-state index is 0.00499. The Morgan fingerprint density at radius 2 is 1.97 bits per heavy atom. The summed E-state index contributed by atoms with van der Waals surface area (Å²) in [4.78, 5) is 24.5. The molecule has 5 rings (SSSR count). The first-order valence-corrected chi connectivity index (χ1v) is 14.0. The highest BCUT2D eigenvalue weighted by atomic mass is 35.5. The molecule has 1 saturated heterocycles. The van der Waals surface area contributed by atoms with Crippen LogP contribution in [0.4, 0.5) is 9.52 Å². The third-order valence-corrected chi connectivity index (χ3v) is 9.22. The Labute approximate surface area is 217 Å². The smallest absolute Gasteiger partial charge is 0.243 e. The molecule has 4 aromatic rings. The number of amides is 1. The number of hydrogen-bond acceptors (Lipinski definition) is 6. The second-order valence-electron chi connectivity index (χ2n) is 8.51. The third-order valence-electron chi connectivity index (χ3n) is 6.07. The van der Waals surface area contributed by atoms with E-state index in [1.165, 1.54) is 27.8 Å². The number of carbonyl (C=O) groups is 1. The molecule has 11 heteroatoms. The number of aromatic nitrogens is 2. The van der Waals surface area contributed by atoms with E-state index in [-0.39, 0.29) is 23.9 Å². The monoisotopic (exact) mass is 544 g/mol. The van der Waals surface area contributed by atoms with Gasteiger partial charge in [-0.2, -0.15) is 4.31 Å². The average molecular weight is 545 g/mol. The molecule has 1 atom stereocenters. The van der Waals surface area contributed by atoms with Crippen LogP contribution in [0.25, 0.3) is 10.2 Å². The van der Waals surface area contributed by atoms with E-state index in [2.05, 4.69) is 9.97 Å². The van der Waals surface area contributed by atoms with Crippen molar-refractivity contribution in [2.75, 3.05) is 18.0 Å². The van der Waals surface area contributed by atoms with Crippen LogP contribution in [0.3, 0.4) is 0 Å². The highest BCUT2D eigenvalue weighted by Gasteiger charge is 2.36. The number of fused-ring (bicyclic) bond motifs is 1. The van der Waals surface area contributed by atoms with Crippen molar-refractivity contribution in [3.8, 4) is 0 Å². The molecule has 1 amide bonds. The van der Waals surface area contributed by atoms with Crippen LogP contribution in [0.1, 0.15) is 18.5 Å². The van der Waals surface area contributed by atoms with E-state index in [1.54, 1.807) is 35.4 Å². The number of nitrogens with zero attached hydrogens (tertiary/aromatic N) is 4. The van der Waals surface area contributed by atoms with Crippen LogP contribution in [0.15, 0.2) is 71.8 Å². The third kappa shape index (κ3) is 5.12. The lowest BCUT2D eigenvalue weighted by atomic mass is 9.98. The van der Waals surface area contributed by atoms with E-state index < -0.39 is 21.8 Å². The number of thiazole rings is 1. The molecule has 1 aliphatic heterocycles. The molecule has 7 nitrogen and oxygen atoms in total. The first-order chi connectivity index (χ1) is 17.3. The van der Waals surface area contributed by atoms with E-state index in [1.807, 2.05) is 12.1 Å². The first-order valence-electron chi connectivity index (χ1n) is 11.3. The number of hydrogen-bond donors (Lipinski definition) is 0. The van der Waals surface area contributed by atoms with Crippen molar-refractivity contribution in [2.24, 2.45) is 5.92 Å². The predicted octanol–water partition coefficient (Wildman–Crippen LogP) is 5.12. The summed E-state index contributed by atoms with van der Waals surface area (Å²) in [5.74, 6) is -1.29. The zero-order valence-corrected chi connectivity index (χ0v) is 21.4. The summed E-state index contributed by atoms with van der Waals surface area (Å²) in [5, 5.41) is 1.08. The maximum Gasteiger partial charge on any atom is 0.243 e. The lowest BCUT2D eigenvalue weighted by Gasteiger charge is -2.33. The van der Waals surface area contributed by atoms with Crippen molar-refractivity contribution < 1.29 is 17.6 Å². The zero-order valence-electron chi connectivity index (χ0n) is 19.0. The summed E-state index contributed by atoms with van der Waals surface area (Å²) in [6.07, 6.45) is 2.74. The summed E-state index contributed by atoms with van der Waals surface area (Å²) in [5.41, 5.74) is 1.41. The molecule has 36 heavy (non-hydrogen) atoms. The van der Waals surface area contributed by atoms with Crippen LogP contribution in [0, 0.1) is 11.7 Å². The number of piperidine rings is 1. The van der Waals surface area contributed by atoms with Gasteiger partial charge >= 0.3 is 0 Å². The van der Waals surface area contributed by atoms with Crippen molar-refractivity contribution in [3.63, 3.8) is 0 Å². The molecule has 0 N–H and O–H groups in total. The number of benzene rings is 2. The van der Waals surface area contributed by atoms with Gasteiger partial charge in [-0.05, 0) is 67.4 Å². The van der Waals surface area contributed by atoms with E-state index in [9.17, 15) is 17.6 Å². The fraction of sp³-hybridized carbons (Fsp3) is 0.240. The number of sulfonamides is 1. The fourth-order valence-electron chi connectivity index (χ4n) is 4.23. The SMILES string of the molecule is O=C(C1CCCN(S(=O)(=O)c2ccc(F)cc2)C1)N(Cc1ccccn1)c1nc2ccc(Cl)cc2s1. The lowest BCUT2D eigenvalue weighted by molar-refractivity contribution is -0.123. The Bertz CT molecular complexity index is 1500. The second-order valence-corrected chi connectivity index (χ2v) is 11.9. The molecule has 1 fully saturated rings. The number of halogens is 2. The van der Waals surface area contributed by atoms with Crippen LogP contribution in [-0.4, -0.2) is 41.7 Å². The molecule has 0 spiro atoms. The largest absolute Gasteiger partial charge is 0.282 e. The van der Waals surface area contributed by atoms with Gasteiger partial charge in [0.2, 0.25) is 15.9 Å². The number of carbonyl (C=O) groups excluding carboxylic acids is 1. The van der Waals surface area contributed by atoms with Crippen molar-refractivity contribution in [3.05, 3.63) is 83.4 Å². The van der Waals surface area contributed by atoms with Crippen molar-refractivity contribution >= 4 is 54.2 Å². The van der Waals surface area contributed by atoms with Gasteiger partial charge in [0, 0.05) is 24.3 Å². The quantitative estimate of drug-likeness (QED) is 0.336. The summed E-state index contributed by atoms with van der Waals surface area (Å²) in [6, 6.07) is 15.6. The Morgan fingerprint density at radius 3 is 2.72 bits per heavy atom. The Hall–Kier alpha value is -2.92. The Morgan fingerprint density at radius 1 is 1.17 bits per heavy atom. The second kappa shape index (κ2) is 10.2. The van der Waals surface area contributed by atoms with Gasteiger partial charge in [0.05, 0.1) is 33.3 Å². The molecule has 186 valence electrons. The van der Waals surface area contributed by atoms with Crippen LogP contribution >= 0.6 is 22.9 Å². The average Bonchev–Trinajstić information content (AvgIpc) is 3.31. The normalized spacial score (nSPS) is 16.8. The van der Waals surface area contributed by atoms with Crippen molar-refractivity contribution in [1.82, 2.24) is 14.3 Å². The van der Waals surface area contributed by atoms with Gasteiger partial charge in [-0.15, -0.1) is 0 Å². The zero-order chi connectivity index (χ0) is 25.3. The first kappa shape index (κ1) is 24.8. The van der Waals surface area contributed by atoms with Gasteiger partial charge in [-0.25, -0.2) is 17.8 Å². The Balaban J connectivity index is 1.44. The van der Waals surface area contributed by atoms with Gasteiger partial charge in [0.25, 0.3) is 0 Å². The van der Waals surface area contributed by atoms with Crippen LogP contribution in [0.2, 0.25) is 5.02 Å². The summed E-state index contributed by atoms with van der Waals surface area (Å²) >= 11 is 7.49. The predicted molar refractivity (Wildman–Crippen MR) is 138 cm³/mol. The fourth-order valence-corrected chi connectivity index (χ4v) is 7.00. The summed E-state index contributed by atoms with van der Waals surface area (Å²) < 4.78 is 41.9. The van der Waals surface area contributed by atoms with E-state index in [0.717, 1.165) is 22.3 Å². The van der Waals surface area contributed by atoms with E-state index in [0.29, 0.717) is 35.2 Å². The number of rotatable bonds is 6. The Kier molecular flexibility index (Phi) is 7.03. The van der Waals surface area contributed by atoms with Gasteiger partial charge in [-0.1, -0.05) is 29.0 Å². The molecule has 0 saturated carbocycles. The van der Waals surface area contributed by atoms with Gasteiger partial charge in [0.1, 0.15) is 5.82 Å². The molecule has 2 aromatic heterocycles. The van der Waals surface area contributed by atoms with Gasteiger partial charge < -0.3 is 0 Å². The minimum atomic E-state index is -3.86. The molecule has 1 unspecified atom stereocenters. The molecule has 3 heterocycles. The molecular weight excluding hydrogens is 523 g/mol. The molecule has 0 aliphatic carbocycles. The summed E-state index contributed by atoms with van der Waals surface area (Å²) in [7, 11) is -3.86. The van der Waals surface area contributed by atoms with Crippen molar-refractivity contribution in [2.45, 2.75) is 24.3 Å². The highest BCUT2D eigenvalue weighted by molar-refractivity contribution is 7.89. The number of pyridine rings is 1. The molecule has 2 aromatic carbocycles. The standard InChI is InChI=1S/C25H22ClFN4O3S2/c26-18-6-11-22-23(14-18)35-25(29-22)31(16-20-5-1-2-12-28-20)24(32)17-4-3-13-30(15-17)36(33,34)21-9-7-19(27)8-10-21/h1-2,5-12,14,17H,3-4,13,15-16H2. The minimum Gasteiger partial charge on any atom is -0.282 e. The maximum absolute atomic E-state index is 13.9. The molecular formula is C25H22ClFN4O3S2. The van der Waals surface area contributed by atoms with Gasteiger partial charge in [0.15, 0.2) is 5.13 Å². The van der Waals surface area contributed by atoms with E-state index >= 15 is 0 Å². The molecule has 0 bridgehead atoms. The summed E-state index contributed by atoms with van der Waals surface area (Å²) in [6.45, 7) is 0.534. The maximum atomic E-state index is 13.9. The molecule has 0 radical (unpaired) electrons. The van der Waals surface area contributed by atoms with E-state index in [4.69, 9.17) is 11.6 Å². The van der Waals surface area contributed by atoms with Crippen LogP contribution in [0.5, 0.6) is 0 Å². The van der Waals surface area contributed by atoms with Crippen LogP contribution in [-0.2, 0) is 21.4 Å². The topological polar surface area (TPSA) is 83.5 Å². The highest BCUT2D eigenvalue weighted by Crippen LogP contribution is 2.34. The van der Waals surface area contributed by atoms with Crippen LogP contribution < -0.4 is 4.90 Å².